The summed E-state index contributed by atoms with van der Waals surface area (Å²) >= 11 is 3.37. The molecule has 1 atom stereocenters. The summed E-state index contributed by atoms with van der Waals surface area (Å²) in [5.41, 5.74) is 0.423. The van der Waals surface area contributed by atoms with Crippen molar-refractivity contribution in [2.75, 3.05) is 23.3 Å². The Kier molecular flexibility index (Phi) is 9.91. The topological polar surface area (TPSA) is 125 Å². The number of anilines is 2. The van der Waals surface area contributed by atoms with Gasteiger partial charge in [-0.15, -0.1) is 0 Å². The number of aliphatic carboxylic acids is 1. The highest BCUT2D eigenvalue weighted by Gasteiger charge is 2.35. The molecular weight excluding hydrogens is 593 g/mol. The maximum Gasteiger partial charge on any atom is 0.449 e. The van der Waals surface area contributed by atoms with Crippen molar-refractivity contribution in [2.45, 2.75) is 36.8 Å². The van der Waals surface area contributed by atoms with Gasteiger partial charge in [-0.3, -0.25) is 13.9 Å². The molecule has 3 aromatic rings. The van der Waals surface area contributed by atoms with Gasteiger partial charge in [0.2, 0.25) is 5.82 Å². The van der Waals surface area contributed by atoms with Crippen LogP contribution in [0, 0.1) is 0 Å². The Balaban J connectivity index is 1.85. The van der Waals surface area contributed by atoms with Crippen LogP contribution in [0.3, 0.4) is 0 Å². The van der Waals surface area contributed by atoms with Crippen LogP contribution in [0.4, 0.5) is 24.5 Å². The van der Waals surface area contributed by atoms with E-state index in [0.29, 0.717) is 31.5 Å². The van der Waals surface area contributed by atoms with E-state index in [0.717, 1.165) is 10.7 Å². The number of unbranched alkanes of at least 4 members (excludes halogenated alkanes) is 2. The number of hydrogen-bond acceptors (Lipinski definition) is 5. The zero-order valence-electron chi connectivity index (χ0n) is 20.0. The van der Waals surface area contributed by atoms with Crippen molar-refractivity contribution >= 4 is 50.2 Å². The number of carbonyl (C=O) groups excluding carboxylic acids is 1. The Morgan fingerprint density at radius 3 is 2.47 bits per heavy atom. The molecule has 0 radical (unpaired) electrons. The summed E-state index contributed by atoms with van der Waals surface area (Å²) in [6, 6.07) is 11.5. The van der Waals surface area contributed by atoms with Crippen molar-refractivity contribution in [1.82, 2.24) is 9.97 Å². The Morgan fingerprint density at radius 2 is 1.87 bits per heavy atom. The molecule has 0 aliphatic rings. The molecule has 1 heterocycles. The Morgan fingerprint density at radius 1 is 1.16 bits per heavy atom. The zero-order chi connectivity index (χ0) is 27.9. The van der Waals surface area contributed by atoms with E-state index in [1.807, 2.05) is 4.98 Å². The van der Waals surface area contributed by atoms with Crippen LogP contribution in [0.1, 0.15) is 42.0 Å². The van der Waals surface area contributed by atoms with Crippen molar-refractivity contribution in [1.29, 1.82) is 0 Å². The first-order valence-electron chi connectivity index (χ1n) is 11.3. The van der Waals surface area contributed by atoms with Crippen LogP contribution in [-0.2, 0) is 22.0 Å². The number of H-pyrrole nitrogens is 1. The summed E-state index contributed by atoms with van der Waals surface area (Å²) in [4.78, 5) is 28.7. The Labute approximate surface area is 227 Å². The number of halogens is 4. The summed E-state index contributed by atoms with van der Waals surface area (Å²) in [6.45, 7) is 0.335. The second-order valence-electron chi connectivity index (χ2n) is 8.00. The first kappa shape index (κ1) is 29.2. The van der Waals surface area contributed by atoms with E-state index in [9.17, 15) is 27.0 Å². The molecule has 2 aromatic carbocycles. The first-order chi connectivity index (χ1) is 18.0. The highest BCUT2D eigenvalue weighted by molar-refractivity contribution is 9.10. The van der Waals surface area contributed by atoms with Gasteiger partial charge in [0.05, 0.1) is 13.3 Å². The van der Waals surface area contributed by atoms with Crippen molar-refractivity contribution in [3.05, 3.63) is 64.7 Å². The number of ether oxygens (including phenoxy) is 1. The van der Waals surface area contributed by atoms with E-state index in [2.05, 4.69) is 26.2 Å². The minimum Gasteiger partial charge on any atom is -0.495 e. The number of methoxy groups -OCH3 is 1. The SMILES string of the molecule is COc1ccc(NC(=O)c2cnc(C(F)(F)F)[nH]2)cc1S(=O)N(CCCCCC(=O)O)c1ccc(Br)cc1. The number of hydrogen-bond donors (Lipinski definition) is 3. The van der Waals surface area contributed by atoms with Crippen molar-refractivity contribution in [2.24, 2.45) is 0 Å². The molecule has 0 saturated carbocycles. The van der Waals surface area contributed by atoms with Gasteiger partial charge in [-0.1, -0.05) is 22.4 Å². The third-order valence-electron chi connectivity index (χ3n) is 5.27. The number of amides is 1. The predicted molar refractivity (Wildman–Crippen MR) is 139 cm³/mol. The fourth-order valence-electron chi connectivity index (χ4n) is 3.41. The molecule has 0 fully saturated rings. The number of aromatic amines is 1. The smallest absolute Gasteiger partial charge is 0.449 e. The van der Waals surface area contributed by atoms with E-state index in [1.165, 1.54) is 25.3 Å². The zero-order valence-corrected chi connectivity index (χ0v) is 22.5. The molecule has 204 valence electrons. The summed E-state index contributed by atoms with van der Waals surface area (Å²) < 4.78 is 60.1. The van der Waals surface area contributed by atoms with Gasteiger partial charge in [-0.25, -0.2) is 9.19 Å². The van der Waals surface area contributed by atoms with Crippen molar-refractivity contribution in [3.63, 3.8) is 0 Å². The van der Waals surface area contributed by atoms with Gasteiger partial charge in [0, 0.05) is 28.8 Å². The number of nitrogens with zero attached hydrogens (tertiary/aromatic N) is 2. The van der Waals surface area contributed by atoms with Crippen LogP contribution >= 0.6 is 15.9 Å². The van der Waals surface area contributed by atoms with E-state index in [4.69, 9.17) is 9.84 Å². The number of rotatable bonds is 12. The van der Waals surface area contributed by atoms with Gasteiger partial charge >= 0.3 is 12.1 Å². The average Bonchev–Trinajstić information content (AvgIpc) is 3.38. The molecule has 9 nitrogen and oxygen atoms in total. The molecule has 38 heavy (non-hydrogen) atoms. The lowest BCUT2D eigenvalue weighted by Crippen LogP contribution is -2.27. The fraction of sp³-hybridized carbons (Fsp3) is 0.292. The van der Waals surface area contributed by atoms with Gasteiger partial charge in [0.15, 0.2) is 11.0 Å². The standard InChI is InChI=1S/C24H24BrF3N4O5S/c1-37-19-11-8-16(30-22(35)18-14-29-23(31-18)24(26,27)28)13-20(19)38(36)32(12-4-2-3-5-21(33)34)17-9-6-15(25)7-10-17/h6-11,13-14H,2-5,12H2,1H3,(H,29,31)(H,30,35)(H,33,34). The van der Waals surface area contributed by atoms with Crippen LogP contribution < -0.4 is 14.4 Å². The molecule has 1 aromatic heterocycles. The molecule has 0 aliphatic carbocycles. The fourth-order valence-corrected chi connectivity index (χ4v) is 5.07. The largest absolute Gasteiger partial charge is 0.495 e. The Bertz CT molecular complexity index is 1300. The molecule has 1 amide bonds. The van der Waals surface area contributed by atoms with Crippen LogP contribution in [0.25, 0.3) is 0 Å². The molecule has 1 unspecified atom stereocenters. The number of nitrogens with one attached hydrogen (secondary N) is 2. The average molecular weight is 617 g/mol. The van der Waals surface area contributed by atoms with Gasteiger partial charge in [-0.2, -0.15) is 13.2 Å². The highest BCUT2D eigenvalue weighted by atomic mass is 79.9. The number of carboxylic acids is 1. The third kappa shape index (κ3) is 7.81. The number of carbonyl (C=O) groups is 2. The molecule has 0 aliphatic heterocycles. The minimum atomic E-state index is -4.73. The number of benzene rings is 2. The summed E-state index contributed by atoms with van der Waals surface area (Å²) in [7, 11) is -0.429. The van der Waals surface area contributed by atoms with Crippen LogP contribution in [0.15, 0.2) is 58.0 Å². The van der Waals surface area contributed by atoms with E-state index in [-0.39, 0.29) is 22.8 Å². The molecule has 3 N–H and O–H groups in total. The third-order valence-corrected chi connectivity index (χ3v) is 7.28. The summed E-state index contributed by atoms with van der Waals surface area (Å²) in [5.74, 6) is -2.77. The van der Waals surface area contributed by atoms with E-state index in [1.54, 1.807) is 28.6 Å². The molecule has 14 heteroatoms. The molecular formula is C24H24BrF3N4O5S. The minimum absolute atomic E-state index is 0.0394. The van der Waals surface area contributed by atoms with Crippen molar-refractivity contribution < 1.29 is 36.8 Å². The molecule has 0 spiro atoms. The lowest BCUT2D eigenvalue weighted by Gasteiger charge is -2.25. The lowest BCUT2D eigenvalue weighted by atomic mass is 10.2. The summed E-state index contributed by atoms with van der Waals surface area (Å²) in [5, 5.41) is 11.3. The normalized spacial score (nSPS) is 12.1. The highest BCUT2D eigenvalue weighted by Crippen LogP contribution is 2.31. The number of alkyl halides is 3. The lowest BCUT2D eigenvalue weighted by molar-refractivity contribution is -0.144. The van der Waals surface area contributed by atoms with Crippen LogP contribution in [0.2, 0.25) is 0 Å². The first-order valence-corrected chi connectivity index (χ1v) is 13.2. The monoisotopic (exact) mass is 616 g/mol. The number of imidazole rings is 1. The Hall–Kier alpha value is -3.39. The van der Waals surface area contributed by atoms with E-state index >= 15 is 0 Å². The van der Waals surface area contributed by atoms with E-state index < -0.39 is 40.6 Å². The van der Waals surface area contributed by atoms with Gasteiger partial charge < -0.3 is 20.1 Å². The van der Waals surface area contributed by atoms with Gasteiger partial charge in [-0.05, 0) is 55.3 Å². The predicted octanol–water partition coefficient (Wildman–Crippen LogP) is 5.63. The van der Waals surface area contributed by atoms with Gasteiger partial charge in [0.25, 0.3) is 5.91 Å². The second kappa shape index (κ2) is 12.9. The van der Waals surface area contributed by atoms with Crippen LogP contribution in [0.5, 0.6) is 5.75 Å². The van der Waals surface area contributed by atoms with Crippen LogP contribution in [-0.4, -0.2) is 44.8 Å². The molecule has 0 bridgehead atoms. The maximum absolute atomic E-state index is 13.8. The van der Waals surface area contributed by atoms with Crippen molar-refractivity contribution in [3.8, 4) is 5.75 Å². The summed E-state index contributed by atoms with van der Waals surface area (Å²) in [6.07, 6.45) is -2.27. The molecule has 3 rings (SSSR count). The molecule has 0 saturated heterocycles. The second-order valence-corrected chi connectivity index (χ2v) is 10.3. The number of carboxylic acid groups (broad SMARTS) is 1. The number of aromatic nitrogens is 2. The maximum atomic E-state index is 13.8. The quantitative estimate of drug-likeness (QED) is 0.227. The van der Waals surface area contributed by atoms with Gasteiger partial charge in [0.1, 0.15) is 16.3 Å².